The van der Waals surface area contributed by atoms with Crippen LogP contribution in [0.2, 0.25) is 0 Å². The van der Waals surface area contributed by atoms with Gasteiger partial charge in [0.25, 0.3) is 6.33 Å². The van der Waals surface area contributed by atoms with E-state index in [1.807, 2.05) is 17.7 Å². The van der Waals surface area contributed by atoms with Crippen molar-refractivity contribution in [1.29, 1.82) is 0 Å². The SMILES string of the molecule is CC[n+]1cc2n(c1)C(=O)N(CCNC(=O)OC(C)(C)C)[C@H](C(=O)OC)C2. The summed E-state index contributed by atoms with van der Waals surface area (Å²) in [6, 6.07) is -1.04. The fourth-order valence-electron chi connectivity index (χ4n) is 2.78. The first-order valence-corrected chi connectivity index (χ1v) is 8.62. The molecule has 1 aromatic heterocycles. The summed E-state index contributed by atoms with van der Waals surface area (Å²) >= 11 is 0. The molecule has 0 aromatic carbocycles. The number of imidazole rings is 1. The molecule has 26 heavy (non-hydrogen) atoms. The van der Waals surface area contributed by atoms with E-state index >= 15 is 0 Å². The number of carbonyl (C=O) groups is 3. The van der Waals surface area contributed by atoms with Crippen molar-refractivity contribution in [3.05, 3.63) is 18.2 Å². The lowest BCUT2D eigenvalue weighted by atomic mass is 10.1. The molecule has 2 heterocycles. The zero-order valence-electron chi connectivity index (χ0n) is 15.9. The third-order valence-corrected chi connectivity index (χ3v) is 3.98. The molecule has 1 N–H and O–H groups in total. The van der Waals surface area contributed by atoms with Gasteiger partial charge in [-0.05, 0) is 27.7 Å². The van der Waals surface area contributed by atoms with Gasteiger partial charge in [0.2, 0.25) is 0 Å². The van der Waals surface area contributed by atoms with Crippen molar-refractivity contribution in [2.24, 2.45) is 0 Å². The molecule has 0 aliphatic carbocycles. The van der Waals surface area contributed by atoms with Gasteiger partial charge in [-0.15, -0.1) is 4.57 Å². The van der Waals surface area contributed by atoms with E-state index < -0.39 is 23.7 Å². The van der Waals surface area contributed by atoms with Crippen LogP contribution in [0.15, 0.2) is 12.5 Å². The highest BCUT2D eigenvalue weighted by atomic mass is 16.6. The number of esters is 1. The van der Waals surface area contributed by atoms with Crippen molar-refractivity contribution >= 4 is 18.1 Å². The number of aryl methyl sites for hydroxylation is 1. The standard InChI is InChI=1S/C17H26N4O5/c1-6-19-10-12-9-13(14(22)25-5)20(16(24)21(12)11-19)8-7-18-15(23)26-17(2,3)4/h10-11,13H,6-9H2,1-5H3/p+1/t13-/m0/s1. The van der Waals surface area contributed by atoms with Crippen molar-refractivity contribution in [1.82, 2.24) is 14.8 Å². The van der Waals surface area contributed by atoms with Gasteiger partial charge in [0.1, 0.15) is 17.8 Å². The number of hydrogen-bond acceptors (Lipinski definition) is 5. The average molecular weight is 367 g/mol. The van der Waals surface area contributed by atoms with Gasteiger partial charge in [0, 0.05) is 19.5 Å². The van der Waals surface area contributed by atoms with Crippen molar-refractivity contribution in [2.45, 2.75) is 52.3 Å². The lowest BCUT2D eigenvalue weighted by Gasteiger charge is -2.31. The largest absolute Gasteiger partial charge is 0.467 e. The van der Waals surface area contributed by atoms with Crippen LogP contribution in [0.5, 0.6) is 0 Å². The topological polar surface area (TPSA) is 93.8 Å². The second kappa shape index (κ2) is 7.76. The number of nitrogens with one attached hydrogen (secondary N) is 1. The predicted octanol–water partition coefficient (Wildman–Crippen LogP) is 0.688. The second-order valence-electron chi connectivity index (χ2n) is 7.08. The summed E-state index contributed by atoms with van der Waals surface area (Å²) < 4.78 is 13.4. The zero-order valence-corrected chi connectivity index (χ0v) is 15.9. The summed E-state index contributed by atoms with van der Waals surface area (Å²) in [6.07, 6.45) is 3.35. The Kier molecular flexibility index (Phi) is 5.89. The molecule has 0 spiro atoms. The van der Waals surface area contributed by atoms with Gasteiger partial charge in [0.15, 0.2) is 5.69 Å². The number of methoxy groups -OCH3 is 1. The Balaban J connectivity index is 2.09. The monoisotopic (exact) mass is 367 g/mol. The number of carbonyl (C=O) groups excluding carboxylic acids is 3. The molecule has 0 radical (unpaired) electrons. The molecular weight excluding hydrogens is 340 g/mol. The number of hydrogen-bond donors (Lipinski definition) is 1. The summed E-state index contributed by atoms with van der Waals surface area (Å²) in [5.74, 6) is -0.480. The van der Waals surface area contributed by atoms with Gasteiger partial charge in [0.05, 0.1) is 13.7 Å². The first kappa shape index (κ1) is 19.7. The molecule has 0 fully saturated rings. The van der Waals surface area contributed by atoms with Crippen LogP contribution < -0.4 is 9.88 Å². The molecule has 144 valence electrons. The molecule has 2 amide bonds. The number of alkyl carbamates (subject to hydrolysis) is 1. The summed E-state index contributed by atoms with van der Waals surface area (Å²) in [5.41, 5.74) is 0.150. The van der Waals surface area contributed by atoms with Crippen LogP contribution in [0.25, 0.3) is 0 Å². The minimum atomic E-state index is -0.722. The molecule has 1 atom stereocenters. The fraction of sp³-hybridized carbons (Fsp3) is 0.647. The van der Waals surface area contributed by atoms with Crippen molar-refractivity contribution in [2.75, 3.05) is 20.2 Å². The number of ether oxygens (including phenoxy) is 2. The predicted molar refractivity (Wildman–Crippen MR) is 91.5 cm³/mol. The molecular formula is C17H27N4O5+. The van der Waals surface area contributed by atoms with E-state index in [9.17, 15) is 14.4 Å². The van der Waals surface area contributed by atoms with E-state index in [0.717, 1.165) is 12.2 Å². The highest BCUT2D eigenvalue weighted by molar-refractivity contribution is 5.87. The van der Waals surface area contributed by atoms with Crippen LogP contribution >= 0.6 is 0 Å². The second-order valence-corrected chi connectivity index (χ2v) is 7.08. The molecule has 1 aliphatic rings. The van der Waals surface area contributed by atoms with Crippen molar-refractivity contribution < 1.29 is 28.4 Å². The van der Waals surface area contributed by atoms with Gasteiger partial charge in [-0.3, -0.25) is 4.90 Å². The third kappa shape index (κ3) is 4.53. The molecule has 9 nitrogen and oxygen atoms in total. The Morgan fingerprint density at radius 1 is 1.38 bits per heavy atom. The van der Waals surface area contributed by atoms with Gasteiger partial charge in [-0.25, -0.2) is 19.0 Å². The van der Waals surface area contributed by atoms with E-state index in [-0.39, 0.29) is 19.1 Å². The van der Waals surface area contributed by atoms with Crippen LogP contribution in [-0.2, 0) is 27.2 Å². The molecule has 0 bridgehead atoms. The van der Waals surface area contributed by atoms with Crippen LogP contribution in [0.4, 0.5) is 9.59 Å². The molecule has 1 aliphatic heterocycles. The molecule has 2 rings (SSSR count). The number of aromatic nitrogens is 2. The zero-order chi connectivity index (χ0) is 19.5. The molecule has 1 aromatic rings. The first-order valence-electron chi connectivity index (χ1n) is 8.62. The maximum Gasteiger partial charge on any atom is 0.416 e. The highest BCUT2D eigenvalue weighted by Crippen LogP contribution is 2.18. The van der Waals surface area contributed by atoms with E-state index in [2.05, 4.69) is 5.32 Å². The summed E-state index contributed by atoms with van der Waals surface area (Å²) in [4.78, 5) is 38.1. The fourth-order valence-corrected chi connectivity index (χ4v) is 2.78. The number of amides is 2. The molecule has 0 saturated heterocycles. The highest BCUT2D eigenvalue weighted by Gasteiger charge is 2.41. The maximum atomic E-state index is 12.8. The van der Waals surface area contributed by atoms with E-state index in [1.54, 1.807) is 27.1 Å². The summed E-state index contributed by atoms with van der Waals surface area (Å²) in [5, 5.41) is 2.60. The minimum absolute atomic E-state index is 0.165. The molecule has 0 unspecified atom stereocenters. The van der Waals surface area contributed by atoms with Crippen LogP contribution in [0.3, 0.4) is 0 Å². The first-order chi connectivity index (χ1) is 12.2. The minimum Gasteiger partial charge on any atom is -0.467 e. The van der Waals surface area contributed by atoms with Crippen LogP contribution in [0, 0.1) is 0 Å². The van der Waals surface area contributed by atoms with Gasteiger partial charge in [-0.2, -0.15) is 0 Å². The van der Waals surface area contributed by atoms with Crippen LogP contribution in [-0.4, -0.2) is 59.4 Å². The molecule has 9 heteroatoms. The Labute approximate surface area is 152 Å². The van der Waals surface area contributed by atoms with E-state index in [0.29, 0.717) is 6.42 Å². The number of rotatable bonds is 5. The normalized spacial score (nSPS) is 16.9. The summed E-state index contributed by atoms with van der Waals surface area (Å²) in [7, 11) is 1.30. The summed E-state index contributed by atoms with van der Waals surface area (Å²) in [6.45, 7) is 8.33. The number of nitrogens with zero attached hydrogens (tertiary/aromatic N) is 3. The van der Waals surface area contributed by atoms with Crippen molar-refractivity contribution in [3.63, 3.8) is 0 Å². The quantitative estimate of drug-likeness (QED) is 0.610. The van der Waals surface area contributed by atoms with Gasteiger partial charge in [-0.1, -0.05) is 0 Å². The molecule has 0 saturated carbocycles. The lowest BCUT2D eigenvalue weighted by Crippen LogP contribution is -2.54. The van der Waals surface area contributed by atoms with Crippen molar-refractivity contribution in [3.8, 4) is 0 Å². The smallest absolute Gasteiger partial charge is 0.416 e. The third-order valence-electron chi connectivity index (χ3n) is 3.98. The van der Waals surface area contributed by atoms with Crippen LogP contribution in [0.1, 0.15) is 33.4 Å². The average Bonchev–Trinajstić information content (AvgIpc) is 2.98. The Bertz CT molecular complexity index is 692. The maximum absolute atomic E-state index is 12.8. The lowest BCUT2D eigenvalue weighted by molar-refractivity contribution is -0.692. The van der Waals surface area contributed by atoms with E-state index in [1.165, 1.54) is 16.6 Å². The van der Waals surface area contributed by atoms with E-state index in [4.69, 9.17) is 9.47 Å². The number of fused-ring (bicyclic) bond motifs is 1. The Morgan fingerprint density at radius 2 is 2.08 bits per heavy atom. The Morgan fingerprint density at radius 3 is 2.65 bits per heavy atom. The van der Waals surface area contributed by atoms with Gasteiger partial charge >= 0.3 is 18.1 Å². The van der Waals surface area contributed by atoms with Gasteiger partial charge < -0.3 is 14.8 Å². The Hall–Kier alpha value is -2.58.